The molecule has 0 radical (unpaired) electrons. The first kappa shape index (κ1) is 29.4. The SMILES string of the molecule is CCOC(C)O[C@@H](CO[Si](C)(C)C(C)(C)C)[C@H](CC1CCCCC1)NC(=O)OC(C)(C)C. The van der Waals surface area contributed by atoms with Crippen molar-refractivity contribution in [2.45, 2.75) is 136 Å². The summed E-state index contributed by atoms with van der Waals surface area (Å²) in [5, 5.41) is 3.23. The topological polar surface area (TPSA) is 66.0 Å². The molecule has 0 heterocycles. The average molecular weight is 474 g/mol. The first-order valence-electron chi connectivity index (χ1n) is 12.5. The van der Waals surface area contributed by atoms with Gasteiger partial charge in [0.1, 0.15) is 11.7 Å². The molecular formula is C25H51NO5Si. The molecule has 1 saturated carbocycles. The zero-order chi connectivity index (χ0) is 24.6. The zero-order valence-corrected chi connectivity index (χ0v) is 23.5. The molecule has 1 rings (SSSR count). The van der Waals surface area contributed by atoms with E-state index in [2.05, 4.69) is 39.2 Å². The molecule has 1 unspecified atom stereocenters. The van der Waals surface area contributed by atoms with Crippen LogP contribution in [0, 0.1) is 5.92 Å². The number of carbonyl (C=O) groups is 1. The zero-order valence-electron chi connectivity index (χ0n) is 22.5. The minimum absolute atomic E-state index is 0.0978. The molecule has 1 aliphatic carbocycles. The van der Waals surface area contributed by atoms with Crippen LogP contribution in [0.15, 0.2) is 0 Å². The fourth-order valence-electron chi connectivity index (χ4n) is 3.82. The van der Waals surface area contributed by atoms with Gasteiger partial charge in [0.25, 0.3) is 0 Å². The van der Waals surface area contributed by atoms with Gasteiger partial charge in [-0.05, 0) is 65.1 Å². The summed E-state index contributed by atoms with van der Waals surface area (Å²) in [7, 11) is -1.98. The van der Waals surface area contributed by atoms with E-state index in [1.165, 1.54) is 32.1 Å². The fraction of sp³-hybridized carbons (Fsp3) is 0.960. The summed E-state index contributed by atoms with van der Waals surface area (Å²) < 4.78 is 24.2. The maximum absolute atomic E-state index is 12.7. The van der Waals surface area contributed by atoms with Gasteiger partial charge in [0, 0.05) is 6.61 Å². The van der Waals surface area contributed by atoms with Crippen molar-refractivity contribution < 1.29 is 23.4 Å². The maximum atomic E-state index is 12.7. The highest BCUT2D eigenvalue weighted by Crippen LogP contribution is 2.37. The highest BCUT2D eigenvalue weighted by Gasteiger charge is 2.39. The molecule has 1 amide bonds. The van der Waals surface area contributed by atoms with Crippen LogP contribution in [-0.4, -0.2) is 51.7 Å². The van der Waals surface area contributed by atoms with Gasteiger partial charge in [-0.15, -0.1) is 0 Å². The van der Waals surface area contributed by atoms with Crippen LogP contribution in [0.1, 0.15) is 93.9 Å². The van der Waals surface area contributed by atoms with Crippen molar-refractivity contribution in [2.24, 2.45) is 5.92 Å². The highest BCUT2D eigenvalue weighted by atomic mass is 28.4. The van der Waals surface area contributed by atoms with Gasteiger partial charge in [-0.25, -0.2) is 4.79 Å². The molecule has 190 valence electrons. The maximum Gasteiger partial charge on any atom is 0.407 e. The van der Waals surface area contributed by atoms with Crippen LogP contribution in [0.4, 0.5) is 4.79 Å². The number of ether oxygens (including phenoxy) is 3. The van der Waals surface area contributed by atoms with Crippen LogP contribution < -0.4 is 5.32 Å². The average Bonchev–Trinajstić information content (AvgIpc) is 2.63. The first-order valence-corrected chi connectivity index (χ1v) is 15.5. The summed E-state index contributed by atoms with van der Waals surface area (Å²) in [6.45, 7) is 21.7. The summed E-state index contributed by atoms with van der Waals surface area (Å²) in [4.78, 5) is 12.7. The third-order valence-corrected chi connectivity index (χ3v) is 11.1. The number of alkyl carbamates (subject to hydrolysis) is 1. The predicted octanol–water partition coefficient (Wildman–Crippen LogP) is 6.64. The van der Waals surface area contributed by atoms with E-state index < -0.39 is 20.0 Å². The number of amides is 1. The molecule has 0 saturated heterocycles. The first-order chi connectivity index (χ1) is 14.6. The second kappa shape index (κ2) is 12.7. The Morgan fingerprint density at radius 1 is 1.06 bits per heavy atom. The lowest BCUT2D eigenvalue weighted by Gasteiger charge is -2.39. The Hall–Kier alpha value is -0.633. The van der Waals surface area contributed by atoms with E-state index in [0.29, 0.717) is 19.1 Å². The Morgan fingerprint density at radius 3 is 2.16 bits per heavy atom. The van der Waals surface area contributed by atoms with E-state index in [9.17, 15) is 4.79 Å². The van der Waals surface area contributed by atoms with Crippen LogP contribution >= 0.6 is 0 Å². The van der Waals surface area contributed by atoms with Gasteiger partial charge in [-0.3, -0.25) is 0 Å². The molecule has 1 fully saturated rings. The van der Waals surface area contributed by atoms with E-state index in [-0.39, 0.29) is 23.5 Å². The standard InChI is InChI=1S/C25H51NO5Si/c1-11-28-19(2)30-22(18-29-32(9,10)25(6,7)8)21(17-20-15-13-12-14-16-20)26-23(27)31-24(3,4)5/h19-22H,11-18H2,1-10H3,(H,26,27)/t19?,21-,22-/m0/s1. The summed E-state index contributed by atoms with van der Waals surface area (Å²) in [5.41, 5.74) is -0.550. The molecule has 32 heavy (non-hydrogen) atoms. The third-order valence-electron chi connectivity index (χ3n) is 6.65. The summed E-state index contributed by atoms with van der Waals surface area (Å²) in [5.74, 6) is 0.574. The van der Waals surface area contributed by atoms with Gasteiger partial charge < -0.3 is 24.0 Å². The summed E-state index contributed by atoms with van der Waals surface area (Å²) in [6.07, 6.45) is 5.99. The Kier molecular flexibility index (Phi) is 11.7. The summed E-state index contributed by atoms with van der Waals surface area (Å²) in [6, 6.07) is -0.194. The normalized spacial score (nSPS) is 19.3. The Bertz CT molecular complexity index is 550. The largest absolute Gasteiger partial charge is 0.444 e. The molecule has 0 aromatic heterocycles. The fourth-order valence-corrected chi connectivity index (χ4v) is 4.84. The second-order valence-corrected chi connectivity index (χ2v) is 16.6. The second-order valence-electron chi connectivity index (χ2n) is 11.8. The number of nitrogens with one attached hydrogen (secondary N) is 1. The Morgan fingerprint density at radius 2 is 1.66 bits per heavy atom. The number of hydrogen-bond donors (Lipinski definition) is 1. The molecule has 0 spiro atoms. The van der Waals surface area contributed by atoms with Crippen molar-refractivity contribution >= 4 is 14.4 Å². The van der Waals surface area contributed by atoms with Gasteiger partial charge in [-0.2, -0.15) is 0 Å². The van der Waals surface area contributed by atoms with Crippen molar-refractivity contribution in [3.8, 4) is 0 Å². The monoisotopic (exact) mass is 473 g/mol. The van der Waals surface area contributed by atoms with Gasteiger partial charge in [-0.1, -0.05) is 52.9 Å². The molecule has 0 aromatic rings. The third kappa shape index (κ3) is 11.0. The van der Waals surface area contributed by atoms with Crippen LogP contribution in [0.25, 0.3) is 0 Å². The van der Waals surface area contributed by atoms with E-state index in [4.69, 9.17) is 18.6 Å². The van der Waals surface area contributed by atoms with Crippen molar-refractivity contribution in [1.82, 2.24) is 5.32 Å². The summed E-state index contributed by atoms with van der Waals surface area (Å²) >= 11 is 0. The minimum Gasteiger partial charge on any atom is -0.444 e. The van der Waals surface area contributed by atoms with Crippen LogP contribution in [0.2, 0.25) is 18.1 Å². The van der Waals surface area contributed by atoms with Crippen LogP contribution in [0.3, 0.4) is 0 Å². The van der Waals surface area contributed by atoms with E-state index >= 15 is 0 Å². The van der Waals surface area contributed by atoms with E-state index in [1.807, 2.05) is 34.6 Å². The van der Waals surface area contributed by atoms with Crippen LogP contribution in [-0.2, 0) is 18.6 Å². The number of carbonyl (C=O) groups excluding carboxylic acids is 1. The van der Waals surface area contributed by atoms with Gasteiger partial charge in [0.05, 0.1) is 12.6 Å². The van der Waals surface area contributed by atoms with Crippen molar-refractivity contribution in [3.63, 3.8) is 0 Å². The van der Waals surface area contributed by atoms with Gasteiger partial charge in [0.15, 0.2) is 14.6 Å². The van der Waals surface area contributed by atoms with Crippen LogP contribution in [0.5, 0.6) is 0 Å². The lowest BCUT2D eigenvalue weighted by atomic mass is 9.83. The number of rotatable bonds is 11. The number of hydrogen-bond acceptors (Lipinski definition) is 5. The van der Waals surface area contributed by atoms with Crippen molar-refractivity contribution in [1.29, 1.82) is 0 Å². The van der Waals surface area contributed by atoms with Crippen molar-refractivity contribution in [3.05, 3.63) is 0 Å². The van der Waals surface area contributed by atoms with Gasteiger partial charge in [0.2, 0.25) is 0 Å². The van der Waals surface area contributed by atoms with Crippen molar-refractivity contribution in [2.75, 3.05) is 13.2 Å². The Balaban J connectivity index is 3.06. The quantitative estimate of drug-likeness (QED) is 0.269. The molecule has 0 aromatic carbocycles. The molecule has 7 heteroatoms. The van der Waals surface area contributed by atoms with Gasteiger partial charge >= 0.3 is 6.09 Å². The van der Waals surface area contributed by atoms with E-state index in [1.54, 1.807) is 0 Å². The smallest absolute Gasteiger partial charge is 0.407 e. The van der Waals surface area contributed by atoms with E-state index in [0.717, 1.165) is 6.42 Å². The molecule has 0 bridgehead atoms. The predicted molar refractivity (Wildman–Crippen MR) is 133 cm³/mol. The lowest BCUT2D eigenvalue weighted by Crippen LogP contribution is -2.52. The molecule has 6 nitrogen and oxygen atoms in total. The minimum atomic E-state index is -1.98. The molecule has 0 aliphatic heterocycles. The lowest BCUT2D eigenvalue weighted by molar-refractivity contribution is -0.173. The molecule has 1 aliphatic rings. The Labute approximate surface area is 198 Å². The highest BCUT2D eigenvalue weighted by molar-refractivity contribution is 6.74. The molecule has 1 N–H and O–H groups in total. The molecule has 3 atom stereocenters. The molecular weight excluding hydrogens is 422 g/mol.